The number of ether oxygens (including phenoxy) is 1. The zero-order valence-corrected chi connectivity index (χ0v) is 16.7. The Bertz CT molecular complexity index is 1110. The third kappa shape index (κ3) is 4.44. The third-order valence-corrected chi connectivity index (χ3v) is 5.34. The van der Waals surface area contributed by atoms with Gasteiger partial charge in [-0.1, -0.05) is 35.5 Å². The summed E-state index contributed by atoms with van der Waals surface area (Å²) < 4.78 is 10.4. The van der Waals surface area contributed by atoms with Crippen LogP contribution in [0.15, 0.2) is 59.3 Å². The van der Waals surface area contributed by atoms with E-state index in [4.69, 9.17) is 9.26 Å². The summed E-state index contributed by atoms with van der Waals surface area (Å²) in [6.45, 7) is 1.64. The Labute approximate surface area is 171 Å². The van der Waals surface area contributed by atoms with Gasteiger partial charge in [-0.25, -0.2) is 4.98 Å². The molecule has 0 aliphatic heterocycles. The number of nitrogens with one attached hydrogen (secondary N) is 2. The van der Waals surface area contributed by atoms with Crippen molar-refractivity contribution in [2.75, 3.05) is 25.6 Å². The second-order valence-corrected chi connectivity index (χ2v) is 7.39. The minimum atomic E-state index is -0.175. The normalized spacial score (nSPS) is 10.9. The highest BCUT2D eigenvalue weighted by molar-refractivity contribution is 7.17. The van der Waals surface area contributed by atoms with E-state index in [1.165, 1.54) is 16.9 Å². The van der Waals surface area contributed by atoms with E-state index in [0.717, 1.165) is 17.6 Å². The van der Waals surface area contributed by atoms with Gasteiger partial charge in [0.05, 0.1) is 18.2 Å². The molecule has 4 rings (SSSR count). The van der Waals surface area contributed by atoms with Crippen molar-refractivity contribution < 1.29 is 14.1 Å². The van der Waals surface area contributed by atoms with E-state index in [9.17, 15) is 4.79 Å². The van der Waals surface area contributed by atoms with Crippen LogP contribution in [0.1, 0.15) is 15.2 Å². The molecular formula is C21H20N4O3S. The van der Waals surface area contributed by atoms with Gasteiger partial charge in [-0.2, -0.15) is 0 Å². The molecule has 0 fully saturated rings. The molecule has 0 aliphatic carbocycles. The maximum Gasteiger partial charge on any atom is 0.263 e. The van der Waals surface area contributed by atoms with Crippen molar-refractivity contribution in [3.63, 3.8) is 0 Å². The van der Waals surface area contributed by atoms with Gasteiger partial charge in [0, 0.05) is 32.0 Å². The Balaban J connectivity index is 1.48. The summed E-state index contributed by atoms with van der Waals surface area (Å²) in [5.41, 5.74) is 3.45. The number of anilines is 1. The number of nitrogens with zero attached hydrogens (tertiary/aromatic N) is 2. The van der Waals surface area contributed by atoms with Crippen LogP contribution in [-0.2, 0) is 11.3 Å². The highest BCUT2D eigenvalue weighted by Crippen LogP contribution is 2.32. The summed E-state index contributed by atoms with van der Waals surface area (Å²) >= 11 is 1.28. The Kier molecular flexibility index (Phi) is 5.83. The third-order valence-electron chi connectivity index (χ3n) is 4.34. The van der Waals surface area contributed by atoms with Gasteiger partial charge in [-0.05, 0) is 17.7 Å². The molecule has 0 atom stereocenters. The van der Waals surface area contributed by atoms with Gasteiger partial charge < -0.3 is 19.9 Å². The number of carbonyl (C=O) groups is 1. The lowest BCUT2D eigenvalue weighted by molar-refractivity contribution is 0.0941. The zero-order chi connectivity index (χ0) is 20.1. The second kappa shape index (κ2) is 8.85. The van der Waals surface area contributed by atoms with Crippen LogP contribution in [-0.4, -0.2) is 36.3 Å². The standard InChI is InChI=1S/C21H20N4O3S/c1-27-10-9-22-20(26)18-13-24-21(29-18)19-16-8-7-15(11-17(16)28-25-19)23-12-14-5-3-2-4-6-14/h2-8,11,13,23H,9-10,12H2,1H3,(H,22,26). The van der Waals surface area contributed by atoms with Gasteiger partial charge in [0.25, 0.3) is 5.91 Å². The molecule has 0 spiro atoms. The first-order valence-corrected chi connectivity index (χ1v) is 9.97. The van der Waals surface area contributed by atoms with Gasteiger partial charge in [0.15, 0.2) is 5.58 Å². The summed E-state index contributed by atoms with van der Waals surface area (Å²) in [4.78, 5) is 17.0. The monoisotopic (exact) mass is 408 g/mol. The Morgan fingerprint density at radius 3 is 2.90 bits per heavy atom. The molecule has 0 unspecified atom stereocenters. The fourth-order valence-electron chi connectivity index (χ4n) is 2.84. The van der Waals surface area contributed by atoms with Crippen LogP contribution in [0.3, 0.4) is 0 Å². The minimum Gasteiger partial charge on any atom is -0.383 e. The number of benzene rings is 2. The van der Waals surface area contributed by atoms with Gasteiger partial charge in [0.2, 0.25) is 0 Å². The molecule has 2 aromatic carbocycles. The number of amides is 1. The van der Waals surface area contributed by atoms with Crippen molar-refractivity contribution >= 4 is 33.9 Å². The van der Waals surface area contributed by atoms with E-state index in [2.05, 4.69) is 32.9 Å². The number of aromatic nitrogens is 2. The average molecular weight is 408 g/mol. The highest BCUT2D eigenvalue weighted by atomic mass is 32.1. The smallest absolute Gasteiger partial charge is 0.263 e. The van der Waals surface area contributed by atoms with E-state index in [0.29, 0.717) is 34.3 Å². The van der Waals surface area contributed by atoms with Crippen molar-refractivity contribution in [1.82, 2.24) is 15.5 Å². The van der Waals surface area contributed by atoms with E-state index < -0.39 is 0 Å². The van der Waals surface area contributed by atoms with E-state index >= 15 is 0 Å². The van der Waals surface area contributed by atoms with Crippen molar-refractivity contribution in [2.45, 2.75) is 6.54 Å². The molecule has 0 saturated carbocycles. The molecule has 8 heteroatoms. The molecule has 148 valence electrons. The number of hydrogen-bond acceptors (Lipinski definition) is 7. The maximum atomic E-state index is 12.2. The number of fused-ring (bicyclic) bond motifs is 1. The Morgan fingerprint density at radius 1 is 1.21 bits per heavy atom. The van der Waals surface area contributed by atoms with E-state index in [1.54, 1.807) is 13.3 Å². The number of carbonyl (C=O) groups excluding carboxylic acids is 1. The van der Waals surface area contributed by atoms with Crippen LogP contribution in [0.2, 0.25) is 0 Å². The minimum absolute atomic E-state index is 0.175. The summed E-state index contributed by atoms with van der Waals surface area (Å²) in [5, 5.41) is 11.8. The lowest BCUT2D eigenvalue weighted by Crippen LogP contribution is -2.26. The molecule has 0 radical (unpaired) electrons. The van der Waals surface area contributed by atoms with Crippen molar-refractivity contribution in [1.29, 1.82) is 0 Å². The Hall–Kier alpha value is -3.23. The lowest BCUT2D eigenvalue weighted by Gasteiger charge is -2.06. The molecule has 0 saturated heterocycles. The molecule has 0 aliphatic rings. The topological polar surface area (TPSA) is 89.3 Å². The molecule has 2 heterocycles. The largest absolute Gasteiger partial charge is 0.383 e. The molecule has 7 nitrogen and oxygen atoms in total. The highest BCUT2D eigenvalue weighted by Gasteiger charge is 2.17. The van der Waals surface area contributed by atoms with Crippen LogP contribution < -0.4 is 10.6 Å². The number of methoxy groups -OCH3 is 1. The number of hydrogen-bond donors (Lipinski definition) is 2. The lowest BCUT2D eigenvalue weighted by atomic mass is 10.2. The first-order chi connectivity index (χ1) is 14.2. The van der Waals surface area contributed by atoms with Crippen LogP contribution in [0, 0.1) is 0 Å². The number of thiazole rings is 1. The number of rotatable bonds is 8. The molecule has 1 amide bonds. The fraction of sp³-hybridized carbons (Fsp3) is 0.190. The van der Waals surface area contributed by atoms with Crippen LogP contribution in [0.25, 0.3) is 21.7 Å². The van der Waals surface area contributed by atoms with Crippen LogP contribution >= 0.6 is 11.3 Å². The molecule has 2 aromatic heterocycles. The second-order valence-electron chi connectivity index (χ2n) is 6.36. The zero-order valence-electron chi connectivity index (χ0n) is 15.8. The predicted molar refractivity (Wildman–Crippen MR) is 113 cm³/mol. The molecule has 4 aromatic rings. The SMILES string of the molecule is COCCNC(=O)c1cnc(-c2noc3cc(NCc4ccccc4)ccc23)s1. The summed E-state index contributed by atoms with van der Waals surface area (Å²) in [6, 6.07) is 16.0. The van der Waals surface area contributed by atoms with E-state index in [1.807, 2.05) is 36.4 Å². The molecule has 29 heavy (non-hydrogen) atoms. The summed E-state index contributed by atoms with van der Waals surface area (Å²) in [6.07, 6.45) is 1.55. The fourth-order valence-corrected chi connectivity index (χ4v) is 3.67. The molecule has 0 bridgehead atoms. The van der Waals surface area contributed by atoms with Gasteiger partial charge in [-0.3, -0.25) is 4.79 Å². The molecular weight excluding hydrogens is 388 g/mol. The van der Waals surface area contributed by atoms with Crippen LogP contribution in [0.5, 0.6) is 0 Å². The maximum absolute atomic E-state index is 12.2. The van der Waals surface area contributed by atoms with Crippen molar-refractivity contribution in [3.8, 4) is 10.7 Å². The van der Waals surface area contributed by atoms with Crippen molar-refractivity contribution in [2.24, 2.45) is 0 Å². The van der Waals surface area contributed by atoms with E-state index in [-0.39, 0.29) is 5.91 Å². The predicted octanol–water partition coefficient (Wildman–Crippen LogP) is 3.94. The quantitative estimate of drug-likeness (QED) is 0.429. The first kappa shape index (κ1) is 19.1. The summed E-state index contributed by atoms with van der Waals surface area (Å²) in [5.74, 6) is -0.175. The Morgan fingerprint density at radius 2 is 2.07 bits per heavy atom. The van der Waals surface area contributed by atoms with Gasteiger partial charge >= 0.3 is 0 Å². The first-order valence-electron chi connectivity index (χ1n) is 9.15. The van der Waals surface area contributed by atoms with Gasteiger partial charge in [-0.15, -0.1) is 11.3 Å². The molecule has 2 N–H and O–H groups in total. The van der Waals surface area contributed by atoms with Crippen LogP contribution in [0.4, 0.5) is 5.69 Å². The average Bonchev–Trinajstić information content (AvgIpc) is 3.40. The summed E-state index contributed by atoms with van der Waals surface area (Å²) in [7, 11) is 1.59. The van der Waals surface area contributed by atoms with Crippen molar-refractivity contribution in [3.05, 3.63) is 65.2 Å². The van der Waals surface area contributed by atoms with Gasteiger partial charge in [0.1, 0.15) is 15.6 Å².